The number of carbonyl (C=O) groups is 6. The average Bonchev–Trinajstić information content (AvgIpc) is 3.67. The molecule has 1 aliphatic heterocycles. The zero-order valence-corrected chi connectivity index (χ0v) is 37.4. The molecule has 0 bridgehead atoms. The Hall–Kier alpha value is -4.37. The number of likely N-dealkylation sites (tertiary alicyclic amines) is 1. The average molecular weight is 842 g/mol. The summed E-state index contributed by atoms with van der Waals surface area (Å²) in [5.41, 5.74) is 0.958. The number of carbonyl (C=O) groups excluding carboxylic acids is 6. The van der Waals surface area contributed by atoms with Crippen LogP contribution in [0.2, 0.25) is 0 Å². The maximum absolute atomic E-state index is 14.8. The van der Waals surface area contributed by atoms with Crippen molar-refractivity contribution in [2.45, 2.75) is 144 Å². The number of ether oxygens (including phenoxy) is 2. The van der Waals surface area contributed by atoms with Crippen molar-refractivity contribution >= 4 is 46.8 Å². The predicted octanol–water partition coefficient (Wildman–Crippen LogP) is 6.21. The number of piperidine rings is 1. The Morgan fingerprint density at radius 3 is 2.24 bits per heavy atom. The lowest BCUT2D eigenvalue weighted by molar-refractivity contribution is -0.161. The van der Waals surface area contributed by atoms with Crippen molar-refractivity contribution in [2.75, 3.05) is 20.3 Å². The molecule has 2 aromatic rings. The number of amides is 3. The Balaban J connectivity index is 1.96. The fraction of sp³-hybridized carbons (Fsp3) is 0.659. The number of hydrogen-bond donors (Lipinski definition) is 3. The maximum atomic E-state index is 14.8. The number of aromatic nitrogens is 1. The lowest BCUT2D eigenvalue weighted by Crippen LogP contribution is -2.59. The first-order valence-electron chi connectivity index (χ1n) is 21.0. The molecule has 2 heterocycles. The van der Waals surface area contributed by atoms with Crippen LogP contribution in [0, 0.1) is 23.7 Å². The van der Waals surface area contributed by atoms with Gasteiger partial charge in [0.2, 0.25) is 11.8 Å². The first-order valence-corrected chi connectivity index (χ1v) is 21.9. The molecule has 0 spiro atoms. The SMILES string of the molecule is CC[C@H](C)[C@H](NC(=O)[C@H]1CCCCN1C)C(=O)N(COC(=O)CC(C)C)[C@H](C[C@@H](OC(C)=O)c1nc(C(=O)N[C@@H](Cc2ccc(O)cc2)C[C@H](C)C(C)=O)cs1)C(C)C. The number of likely N-dealkylation sites (N-methyl/N-ethyl adjacent to an activating group) is 1. The second kappa shape index (κ2) is 23.4. The number of esters is 2. The molecular formula is C44H67N5O9S. The van der Waals surface area contributed by atoms with Crippen molar-refractivity contribution in [2.24, 2.45) is 23.7 Å². The largest absolute Gasteiger partial charge is 0.508 e. The van der Waals surface area contributed by atoms with Gasteiger partial charge in [0.25, 0.3) is 5.91 Å². The first-order chi connectivity index (χ1) is 27.8. The quantitative estimate of drug-likeness (QED) is 0.0905. The Kier molecular flexibility index (Phi) is 19.5. The highest BCUT2D eigenvalue weighted by Crippen LogP contribution is 2.32. The van der Waals surface area contributed by atoms with E-state index in [1.807, 2.05) is 60.4 Å². The van der Waals surface area contributed by atoms with Crippen LogP contribution in [-0.4, -0.2) is 99.8 Å². The van der Waals surface area contributed by atoms with Crippen LogP contribution < -0.4 is 10.6 Å². The smallest absolute Gasteiger partial charge is 0.307 e. The Morgan fingerprint density at radius 1 is 0.983 bits per heavy atom. The molecule has 1 aromatic carbocycles. The molecule has 0 saturated carbocycles. The highest BCUT2D eigenvalue weighted by molar-refractivity contribution is 7.09. The molecule has 0 radical (unpaired) electrons. The molecule has 59 heavy (non-hydrogen) atoms. The highest BCUT2D eigenvalue weighted by Gasteiger charge is 2.39. The summed E-state index contributed by atoms with van der Waals surface area (Å²) >= 11 is 1.14. The zero-order valence-electron chi connectivity index (χ0n) is 36.6. The van der Waals surface area contributed by atoms with Crippen LogP contribution in [0.3, 0.4) is 0 Å². The minimum Gasteiger partial charge on any atom is -0.508 e. The Bertz CT molecular complexity index is 1710. The lowest BCUT2D eigenvalue weighted by atomic mass is 9.92. The number of ketones is 1. The summed E-state index contributed by atoms with van der Waals surface area (Å²) in [7, 11) is 1.91. The molecule has 0 aliphatic carbocycles. The van der Waals surface area contributed by atoms with E-state index in [1.54, 1.807) is 29.6 Å². The number of thiazole rings is 1. The number of nitrogens with zero attached hydrogens (tertiary/aromatic N) is 3. The van der Waals surface area contributed by atoms with Gasteiger partial charge >= 0.3 is 11.9 Å². The summed E-state index contributed by atoms with van der Waals surface area (Å²) in [6, 6.07) is 4.27. The number of nitrogens with one attached hydrogen (secondary N) is 2. The van der Waals surface area contributed by atoms with Gasteiger partial charge in [0.15, 0.2) is 12.8 Å². The van der Waals surface area contributed by atoms with Crippen molar-refractivity contribution < 1.29 is 43.3 Å². The van der Waals surface area contributed by atoms with E-state index in [0.717, 1.165) is 36.3 Å². The molecule has 0 unspecified atom stereocenters. The summed E-state index contributed by atoms with van der Waals surface area (Å²) < 4.78 is 11.6. The number of phenols is 1. The van der Waals surface area contributed by atoms with E-state index < -0.39 is 48.0 Å². The van der Waals surface area contributed by atoms with Crippen LogP contribution in [0.25, 0.3) is 0 Å². The standard InChI is InChI=1S/C44H67N5O9S/c1-11-28(6)40(47-42(55)36-14-12-13-19-48(36)10)44(56)49(25-57-39(53)20-26(2)3)37(27(4)5)23-38(58-31(9)51)43-46-35(24-59-43)41(54)45-33(21-29(7)30(8)50)22-32-15-17-34(52)18-16-32/h15-18,24,26-29,33,36-38,40,52H,11-14,19-23,25H2,1-10H3,(H,45,54)(H,47,55)/t28-,29-,33+,36+,37+,38+,40-/m0/s1. The van der Waals surface area contributed by atoms with Crippen LogP contribution >= 0.6 is 11.3 Å². The van der Waals surface area contributed by atoms with Gasteiger partial charge in [-0.15, -0.1) is 11.3 Å². The molecule has 3 N–H and O–H groups in total. The Labute approximate surface area is 354 Å². The third kappa shape index (κ3) is 15.3. The number of Topliss-reactive ketones (excluding diaryl/α,β-unsaturated/α-hetero) is 1. The summed E-state index contributed by atoms with van der Waals surface area (Å²) in [5.74, 6) is -2.86. The van der Waals surface area contributed by atoms with E-state index in [2.05, 4.69) is 15.6 Å². The molecule has 7 atom stereocenters. The molecule has 1 fully saturated rings. The van der Waals surface area contributed by atoms with Crippen LogP contribution in [0.5, 0.6) is 5.75 Å². The molecule has 3 amide bonds. The van der Waals surface area contributed by atoms with Gasteiger partial charge < -0.3 is 30.1 Å². The van der Waals surface area contributed by atoms with E-state index in [0.29, 0.717) is 30.7 Å². The van der Waals surface area contributed by atoms with Gasteiger partial charge in [0.05, 0.1) is 6.04 Å². The normalized spacial score (nSPS) is 17.6. The minimum atomic E-state index is -0.980. The number of rotatable bonds is 22. The minimum absolute atomic E-state index is 0.00766. The number of phenolic OH excluding ortho intramolecular Hbond substituents is 1. The van der Waals surface area contributed by atoms with Gasteiger partial charge in [-0.3, -0.25) is 33.7 Å². The number of aromatic hydroxyl groups is 1. The summed E-state index contributed by atoms with van der Waals surface area (Å²) in [5, 5.41) is 17.7. The van der Waals surface area contributed by atoms with E-state index in [9.17, 15) is 33.9 Å². The van der Waals surface area contributed by atoms with Crippen molar-refractivity contribution in [1.29, 1.82) is 0 Å². The summed E-state index contributed by atoms with van der Waals surface area (Å²) in [4.78, 5) is 88.1. The van der Waals surface area contributed by atoms with Crippen LogP contribution in [0.15, 0.2) is 29.6 Å². The van der Waals surface area contributed by atoms with Crippen molar-refractivity contribution in [1.82, 2.24) is 25.4 Å². The van der Waals surface area contributed by atoms with E-state index >= 15 is 0 Å². The monoisotopic (exact) mass is 841 g/mol. The Morgan fingerprint density at radius 2 is 1.66 bits per heavy atom. The first kappa shape index (κ1) is 49.0. The van der Waals surface area contributed by atoms with Gasteiger partial charge in [-0.25, -0.2) is 4.98 Å². The molecule has 14 nitrogen and oxygen atoms in total. The molecule has 1 aromatic heterocycles. The van der Waals surface area contributed by atoms with Crippen molar-refractivity contribution in [3.05, 3.63) is 45.9 Å². The summed E-state index contributed by atoms with van der Waals surface area (Å²) in [6.45, 7) is 16.5. The van der Waals surface area contributed by atoms with E-state index in [-0.39, 0.29) is 72.4 Å². The van der Waals surface area contributed by atoms with Crippen LogP contribution in [-0.2, 0) is 39.9 Å². The number of hydrogen-bond acceptors (Lipinski definition) is 12. The fourth-order valence-corrected chi connectivity index (χ4v) is 8.09. The van der Waals surface area contributed by atoms with Gasteiger partial charge in [-0.05, 0) is 81.6 Å². The molecule has 3 rings (SSSR count). The van der Waals surface area contributed by atoms with Crippen molar-refractivity contribution in [3.63, 3.8) is 0 Å². The molecule has 1 aliphatic rings. The third-order valence-electron chi connectivity index (χ3n) is 11.1. The second-order valence-electron chi connectivity index (χ2n) is 16.9. The highest BCUT2D eigenvalue weighted by atomic mass is 32.1. The topological polar surface area (TPSA) is 185 Å². The predicted molar refractivity (Wildman–Crippen MR) is 226 cm³/mol. The van der Waals surface area contributed by atoms with E-state index in [1.165, 1.54) is 18.7 Å². The van der Waals surface area contributed by atoms with E-state index in [4.69, 9.17) is 9.47 Å². The van der Waals surface area contributed by atoms with Gasteiger partial charge in [0.1, 0.15) is 28.3 Å². The van der Waals surface area contributed by atoms with Gasteiger partial charge in [0, 0.05) is 43.1 Å². The fourth-order valence-electron chi connectivity index (χ4n) is 7.25. The number of benzene rings is 1. The van der Waals surface area contributed by atoms with Crippen LogP contribution in [0.1, 0.15) is 134 Å². The molecule has 1 saturated heterocycles. The third-order valence-corrected chi connectivity index (χ3v) is 12.1. The van der Waals surface area contributed by atoms with Crippen molar-refractivity contribution in [3.8, 4) is 5.75 Å². The zero-order chi connectivity index (χ0) is 44.0. The van der Waals surface area contributed by atoms with Crippen LogP contribution in [0.4, 0.5) is 0 Å². The molecule has 15 heteroatoms. The summed E-state index contributed by atoms with van der Waals surface area (Å²) in [6.07, 6.45) is 3.21. The van der Waals surface area contributed by atoms with Gasteiger partial charge in [-0.1, -0.05) is 73.4 Å². The molecule has 328 valence electrons. The molecular weight excluding hydrogens is 775 g/mol. The maximum Gasteiger partial charge on any atom is 0.307 e. The second-order valence-corrected chi connectivity index (χ2v) is 17.8. The lowest BCUT2D eigenvalue weighted by Gasteiger charge is -2.39. The van der Waals surface area contributed by atoms with Gasteiger partial charge in [-0.2, -0.15) is 0 Å².